The number of ether oxygens (including phenoxy) is 1. The second-order valence-corrected chi connectivity index (χ2v) is 5.96. The van der Waals surface area contributed by atoms with Crippen molar-refractivity contribution in [1.82, 2.24) is 4.98 Å². The number of alkyl halides is 3. The summed E-state index contributed by atoms with van der Waals surface area (Å²) in [5.74, 6) is -1.60. The van der Waals surface area contributed by atoms with Crippen LogP contribution >= 0.6 is 22.9 Å². The van der Waals surface area contributed by atoms with Crippen LogP contribution in [-0.2, 0) is 26.9 Å². The quantitative estimate of drug-likeness (QED) is 0.808. The van der Waals surface area contributed by atoms with Gasteiger partial charge in [0.1, 0.15) is 0 Å². The zero-order chi connectivity index (χ0) is 17.7. The number of carbonyl (C=O) groups is 2. The minimum atomic E-state index is -4.59. The Bertz CT molecular complexity index is 735. The smallest absolute Gasteiger partial charge is 0.417 e. The van der Waals surface area contributed by atoms with Gasteiger partial charge in [0.15, 0.2) is 12.4 Å². The number of amides is 1. The predicted molar refractivity (Wildman–Crippen MR) is 81.9 cm³/mol. The van der Waals surface area contributed by atoms with Gasteiger partial charge >= 0.3 is 12.1 Å². The topological polar surface area (TPSA) is 68.3 Å². The standard InChI is InChI=1S/C14H10ClF3N2O3S/c15-10-4-8(14(16,17)18)6-19-13(10)20-11(21)7-23-12(22)5-9-2-1-3-24-9/h1-4,6H,5,7H2,(H,19,20,21). The molecule has 0 aromatic carbocycles. The number of nitrogens with one attached hydrogen (secondary N) is 1. The lowest BCUT2D eigenvalue weighted by atomic mass is 10.3. The van der Waals surface area contributed by atoms with Crippen LogP contribution in [0.3, 0.4) is 0 Å². The molecule has 2 heterocycles. The molecule has 0 aliphatic heterocycles. The molecule has 10 heteroatoms. The van der Waals surface area contributed by atoms with Crippen molar-refractivity contribution in [1.29, 1.82) is 0 Å². The third kappa shape index (κ3) is 5.20. The van der Waals surface area contributed by atoms with Crippen LogP contribution in [0.1, 0.15) is 10.4 Å². The molecule has 2 rings (SSSR count). The molecule has 24 heavy (non-hydrogen) atoms. The number of pyridine rings is 1. The Hall–Kier alpha value is -2.13. The molecule has 0 bridgehead atoms. The molecule has 0 aliphatic carbocycles. The molecule has 1 N–H and O–H groups in total. The van der Waals surface area contributed by atoms with E-state index in [-0.39, 0.29) is 17.3 Å². The number of nitrogens with zero attached hydrogens (tertiary/aromatic N) is 1. The minimum Gasteiger partial charge on any atom is -0.455 e. The fraction of sp³-hybridized carbons (Fsp3) is 0.214. The van der Waals surface area contributed by atoms with Crippen molar-refractivity contribution in [2.45, 2.75) is 12.6 Å². The zero-order valence-electron chi connectivity index (χ0n) is 11.9. The molecule has 5 nitrogen and oxygen atoms in total. The van der Waals surface area contributed by atoms with Crippen molar-refractivity contribution in [3.05, 3.63) is 45.2 Å². The van der Waals surface area contributed by atoms with E-state index in [9.17, 15) is 22.8 Å². The predicted octanol–water partition coefficient (Wildman–Crippen LogP) is 3.54. The second kappa shape index (κ2) is 7.63. The van der Waals surface area contributed by atoms with Gasteiger partial charge in [0.05, 0.1) is 17.0 Å². The Morgan fingerprint density at radius 1 is 1.38 bits per heavy atom. The van der Waals surface area contributed by atoms with Crippen LogP contribution in [-0.4, -0.2) is 23.5 Å². The fourth-order valence-corrected chi connectivity index (χ4v) is 2.51. The molecule has 1 amide bonds. The Morgan fingerprint density at radius 3 is 2.71 bits per heavy atom. The first-order valence-corrected chi connectivity index (χ1v) is 7.72. The molecule has 0 spiro atoms. The van der Waals surface area contributed by atoms with Gasteiger partial charge in [0.25, 0.3) is 5.91 Å². The van der Waals surface area contributed by atoms with Crippen molar-refractivity contribution < 1.29 is 27.5 Å². The molecule has 2 aromatic rings. The van der Waals surface area contributed by atoms with Gasteiger partial charge in [-0.2, -0.15) is 13.2 Å². The van der Waals surface area contributed by atoms with Crippen molar-refractivity contribution in [2.24, 2.45) is 0 Å². The van der Waals surface area contributed by atoms with Crippen molar-refractivity contribution in [3.63, 3.8) is 0 Å². The number of esters is 1. The summed E-state index contributed by atoms with van der Waals surface area (Å²) >= 11 is 7.03. The zero-order valence-corrected chi connectivity index (χ0v) is 13.5. The summed E-state index contributed by atoms with van der Waals surface area (Å²) in [6, 6.07) is 4.17. The van der Waals surface area contributed by atoms with E-state index in [1.807, 2.05) is 0 Å². The molecule has 0 saturated heterocycles. The van der Waals surface area contributed by atoms with E-state index in [1.165, 1.54) is 11.3 Å². The molecule has 0 fully saturated rings. The van der Waals surface area contributed by atoms with Crippen LogP contribution in [0.25, 0.3) is 0 Å². The number of carbonyl (C=O) groups excluding carboxylic acids is 2. The first-order chi connectivity index (χ1) is 11.3. The molecule has 0 aliphatic rings. The monoisotopic (exact) mass is 378 g/mol. The number of hydrogen-bond acceptors (Lipinski definition) is 5. The third-order valence-electron chi connectivity index (χ3n) is 2.69. The second-order valence-electron chi connectivity index (χ2n) is 4.52. The normalized spacial score (nSPS) is 11.2. The van der Waals surface area contributed by atoms with Gasteiger partial charge < -0.3 is 10.1 Å². The number of thiophene rings is 1. The lowest BCUT2D eigenvalue weighted by Crippen LogP contribution is -2.22. The molecule has 0 radical (unpaired) electrons. The van der Waals surface area contributed by atoms with Crippen molar-refractivity contribution >= 4 is 40.6 Å². The van der Waals surface area contributed by atoms with E-state index in [0.717, 1.165) is 4.88 Å². The average molecular weight is 379 g/mol. The van der Waals surface area contributed by atoms with Gasteiger partial charge in [-0.05, 0) is 17.5 Å². The van der Waals surface area contributed by atoms with Gasteiger partial charge in [-0.1, -0.05) is 17.7 Å². The molecule has 128 valence electrons. The van der Waals surface area contributed by atoms with Gasteiger partial charge in [-0.3, -0.25) is 9.59 Å². The number of anilines is 1. The summed E-state index contributed by atoms with van der Waals surface area (Å²) in [7, 11) is 0. The molecular formula is C14H10ClF3N2O3S. The summed E-state index contributed by atoms with van der Waals surface area (Å²) in [5, 5.41) is 3.61. The Balaban J connectivity index is 1.87. The fourth-order valence-electron chi connectivity index (χ4n) is 1.61. The van der Waals surface area contributed by atoms with Crippen LogP contribution in [0.2, 0.25) is 5.02 Å². The Kier molecular flexibility index (Phi) is 5.79. The number of rotatable bonds is 5. The van der Waals surface area contributed by atoms with E-state index in [0.29, 0.717) is 12.3 Å². The summed E-state index contributed by atoms with van der Waals surface area (Å²) in [6.45, 7) is -0.594. The number of halogens is 4. The molecule has 2 aromatic heterocycles. The van der Waals surface area contributed by atoms with Crippen LogP contribution < -0.4 is 5.32 Å². The molecule has 0 unspecified atom stereocenters. The third-order valence-corrected chi connectivity index (χ3v) is 3.85. The first-order valence-electron chi connectivity index (χ1n) is 6.46. The van der Waals surface area contributed by atoms with Crippen LogP contribution in [0.4, 0.5) is 19.0 Å². The van der Waals surface area contributed by atoms with Crippen LogP contribution in [0.15, 0.2) is 29.8 Å². The summed E-state index contributed by atoms with van der Waals surface area (Å²) in [4.78, 5) is 27.4. The Morgan fingerprint density at radius 2 is 2.12 bits per heavy atom. The van der Waals surface area contributed by atoms with Crippen molar-refractivity contribution in [3.8, 4) is 0 Å². The van der Waals surface area contributed by atoms with E-state index in [2.05, 4.69) is 10.3 Å². The molecule has 0 saturated carbocycles. The maximum absolute atomic E-state index is 12.5. The van der Waals surface area contributed by atoms with E-state index < -0.39 is 30.2 Å². The van der Waals surface area contributed by atoms with Gasteiger partial charge in [0.2, 0.25) is 0 Å². The summed E-state index contributed by atoms with van der Waals surface area (Å²) < 4.78 is 42.2. The van der Waals surface area contributed by atoms with Crippen LogP contribution in [0, 0.1) is 0 Å². The van der Waals surface area contributed by atoms with Gasteiger partial charge in [0, 0.05) is 11.1 Å². The molecular weight excluding hydrogens is 369 g/mol. The number of hydrogen-bond donors (Lipinski definition) is 1. The summed E-state index contributed by atoms with van der Waals surface area (Å²) in [6.07, 6.45) is -4.01. The average Bonchev–Trinajstić information content (AvgIpc) is 2.99. The maximum atomic E-state index is 12.5. The SMILES string of the molecule is O=C(COC(=O)Cc1cccs1)Nc1ncc(C(F)(F)F)cc1Cl. The lowest BCUT2D eigenvalue weighted by molar-refractivity contribution is -0.146. The van der Waals surface area contributed by atoms with Gasteiger partial charge in [-0.25, -0.2) is 4.98 Å². The highest BCUT2D eigenvalue weighted by atomic mass is 35.5. The van der Waals surface area contributed by atoms with Crippen LogP contribution in [0.5, 0.6) is 0 Å². The van der Waals surface area contributed by atoms with E-state index in [1.54, 1.807) is 17.5 Å². The maximum Gasteiger partial charge on any atom is 0.417 e. The van der Waals surface area contributed by atoms with E-state index >= 15 is 0 Å². The minimum absolute atomic E-state index is 0.0320. The number of aromatic nitrogens is 1. The summed E-state index contributed by atoms with van der Waals surface area (Å²) in [5.41, 5.74) is -1.03. The van der Waals surface area contributed by atoms with E-state index in [4.69, 9.17) is 16.3 Å². The molecule has 0 atom stereocenters. The highest BCUT2D eigenvalue weighted by molar-refractivity contribution is 7.10. The first kappa shape index (κ1) is 18.2. The lowest BCUT2D eigenvalue weighted by Gasteiger charge is -2.10. The Labute approximate surface area is 143 Å². The highest BCUT2D eigenvalue weighted by Crippen LogP contribution is 2.32. The largest absolute Gasteiger partial charge is 0.455 e. The van der Waals surface area contributed by atoms with Gasteiger partial charge in [-0.15, -0.1) is 11.3 Å². The highest BCUT2D eigenvalue weighted by Gasteiger charge is 2.31. The van der Waals surface area contributed by atoms with Crippen molar-refractivity contribution in [2.75, 3.05) is 11.9 Å².